The van der Waals surface area contributed by atoms with Crippen molar-refractivity contribution in [3.8, 4) is 0 Å². The van der Waals surface area contributed by atoms with Gasteiger partial charge in [0, 0.05) is 111 Å². The van der Waals surface area contributed by atoms with Crippen LogP contribution in [-0.4, -0.2) is 127 Å². The van der Waals surface area contributed by atoms with E-state index in [4.69, 9.17) is 52.0 Å². The van der Waals surface area contributed by atoms with E-state index in [9.17, 15) is 57.3 Å². The van der Waals surface area contributed by atoms with Crippen LogP contribution in [0.2, 0.25) is 15.1 Å². The van der Waals surface area contributed by atoms with Crippen molar-refractivity contribution in [2.24, 2.45) is 33.4 Å². The van der Waals surface area contributed by atoms with Gasteiger partial charge in [0.2, 0.25) is 0 Å². The van der Waals surface area contributed by atoms with E-state index < -0.39 is 105 Å². The maximum absolute atomic E-state index is 15.0. The molecule has 6 saturated carbocycles. The van der Waals surface area contributed by atoms with E-state index in [0.29, 0.717) is 39.3 Å². The molecule has 15 rings (SSSR count). The molecule has 0 radical (unpaired) electrons. The molecular formula is C57H51Cl3F6GaN9O9. The number of carboxylic acid groups (broad SMARTS) is 3. The monoisotopic (exact) mass is 1290 g/mol. The zero-order valence-electron chi connectivity index (χ0n) is 44.8. The van der Waals surface area contributed by atoms with Gasteiger partial charge in [-0.2, -0.15) is 0 Å². The molecule has 3 aromatic heterocycles. The average Bonchev–Trinajstić information content (AvgIpc) is 1.75. The summed E-state index contributed by atoms with van der Waals surface area (Å²) in [6.45, 7) is 2.97. The Morgan fingerprint density at radius 2 is 0.694 bits per heavy atom. The Bertz CT molecular complexity index is 3710. The number of carbonyl (C=O) groups is 3. The van der Waals surface area contributed by atoms with Crippen molar-refractivity contribution in [2.45, 2.75) is 113 Å². The van der Waals surface area contributed by atoms with Gasteiger partial charge >= 0.3 is 19.8 Å². The van der Waals surface area contributed by atoms with E-state index >= 15 is 13.2 Å². The number of hydrogen-bond acceptors (Lipinski definition) is 15. The van der Waals surface area contributed by atoms with Crippen molar-refractivity contribution in [3.63, 3.8) is 0 Å². The maximum Gasteiger partial charge on any atom is 3.00 e. The summed E-state index contributed by atoms with van der Waals surface area (Å²) in [7, 11) is 0. The van der Waals surface area contributed by atoms with Gasteiger partial charge in [0.1, 0.15) is 36.0 Å². The third kappa shape index (κ3) is 9.68. The third-order valence-electron chi connectivity index (χ3n) is 19.1. The number of carboxylic acids is 3. The minimum Gasteiger partial charge on any atom is -0.545 e. The predicted octanol–water partition coefficient (Wildman–Crippen LogP) is 3.72. The Labute approximate surface area is 506 Å². The van der Waals surface area contributed by atoms with Crippen LogP contribution in [0, 0.1) is 33.7 Å². The van der Waals surface area contributed by atoms with Gasteiger partial charge < -0.3 is 75.3 Å². The van der Waals surface area contributed by atoms with Gasteiger partial charge in [0.05, 0.1) is 118 Å². The molecule has 3 aliphatic heterocycles. The van der Waals surface area contributed by atoms with Crippen molar-refractivity contribution in [3.05, 3.63) is 117 Å². The Balaban J connectivity index is 0.000000124. The summed E-state index contributed by atoms with van der Waals surface area (Å²) in [6.07, 6.45) is 5.98. The summed E-state index contributed by atoms with van der Waals surface area (Å²) >= 11 is 19.6. The Hall–Kier alpha value is -5.93. The summed E-state index contributed by atoms with van der Waals surface area (Å²) in [5.74, 6) is -7.27. The molecule has 444 valence electrons. The number of aromatic carboxylic acids is 3. The first-order valence-electron chi connectivity index (χ1n) is 27.5. The molecule has 9 aliphatic rings. The first-order chi connectivity index (χ1) is 39.7. The van der Waals surface area contributed by atoms with Crippen LogP contribution in [-0.2, 0) is 0 Å². The molecule has 0 amide bonds. The quantitative estimate of drug-likeness (QED) is 0.138. The molecule has 6 N–H and O–H groups in total. The SMILES string of the molecule is N[C@@H]1CN(c2c(F)cc3c(=O)c(C(=O)[O-])cn([C@@H]4C[C@@H]4F)c3c2Cl)CC12CC2.N[C@@H]1CN(c2c(F)cc3c(=O)c(C(=O)[O-])cn([C@@H]4C[C@@H]4F)c3c2Cl)CC12CC2.N[C@@H]1CN(c2c(F)cc3c(=O)c(C(=O)[O-])cn([C@@H]4C[C@@H]4F)c3c2Cl)CC12CC2.[Ga+3]. The van der Waals surface area contributed by atoms with E-state index in [0.717, 1.165) is 75.3 Å². The van der Waals surface area contributed by atoms with Gasteiger partial charge in [-0.3, -0.25) is 14.4 Å². The minimum atomic E-state index is -1.70. The van der Waals surface area contributed by atoms with Crippen molar-refractivity contribution in [1.29, 1.82) is 0 Å². The zero-order chi connectivity index (χ0) is 59.9. The van der Waals surface area contributed by atoms with Crippen molar-refractivity contribution < 1.29 is 56.0 Å². The van der Waals surface area contributed by atoms with E-state index in [1.165, 1.54) is 13.7 Å². The van der Waals surface area contributed by atoms with Crippen LogP contribution >= 0.6 is 34.8 Å². The zero-order valence-corrected chi connectivity index (χ0v) is 49.5. The predicted molar refractivity (Wildman–Crippen MR) is 299 cm³/mol. The summed E-state index contributed by atoms with van der Waals surface area (Å²) in [5.41, 5.74) is 14.7. The molecular weight excluding hydrogens is 1240 g/mol. The van der Waals surface area contributed by atoms with Gasteiger partial charge in [-0.1, -0.05) is 34.8 Å². The topological polar surface area (TPSA) is 274 Å². The molecule has 6 aliphatic carbocycles. The first kappa shape index (κ1) is 59.4. The van der Waals surface area contributed by atoms with E-state index in [-0.39, 0.29) is 138 Å². The molecule has 0 bridgehead atoms. The third-order valence-corrected chi connectivity index (χ3v) is 20.2. The summed E-state index contributed by atoms with van der Waals surface area (Å²) in [5, 5.41) is 33.3. The van der Waals surface area contributed by atoms with Crippen LogP contribution in [0.25, 0.3) is 32.7 Å². The fraction of sp³-hybridized carbons (Fsp3) is 0.474. The van der Waals surface area contributed by atoms with E-state index in [1.807, 2.05) is 0 Å². The summed E-state index contributed by atoms with van der Waals surface area (Å²) in [4.78, 5) is 77.0. The van der Waals surface area contributed by atoms with Crippen molar-refractivity contribution >= 4 is 122 Å². The van der Waals surface area contributed by atoms with Crippen molar-refractivity contribution in [2.75, 3.05) is 54.0 Å². The average molecular weight is 1300 g/mol. The molecule has 85 heavy (non-hydrogen) atoms. The second kappa shape index (κ2) is 20.6. The smallest absolute Gasteiger partial charge is 0.545 e. The largest absolute Gasteiger partial charge is 3.00 e. The number of carbonyl (C=O) groups excluding carboxylic acids is 3. The second-order valence-electron chi connectivity index (χ2n) is 24.5. The number of halogens is 9. The van der Waals surface area contributed by atoms with Gasteiger partial charge in [0.15, 0.2) is 16.3 Å². The number of pyridine rings is 3. The number of alkyl halides is 3. The Kier molecular flexibility index (Phi) is 14.4. The van der Waals surface area contributed by atoms with E-state index in [1.54, 1.807) is 14.7 Å². The first-order valence-corrected chi connectivity index (χ1v) is 28.6. The Morgan fingerprint density at radius 1 is 0.471 bits per heavy atom. The Morgan fingerprint density at radius 3 is 0.871 bits per heavy atom. The number of rotatable bonds is 9. The van der Waals surface area contributed by atoms with Crippen LogP contribution in [0.4, 0.5) is 43.4 Å². The standard InChI is InChI=1S/3C19H18ClF2N3O3.Ga/c3*20-14-15-8(17(26)9(18(27)28)5-25(15)12-4-10(12)21)3-11(22)16(14)24-6-13(23)19(7-24)1-2-19;/h3*3,5,10,12-13H,1-2,4,6-7,23H2,(H,27,28);/q;;;+3/p-3/t3*10-,12+,13+;/m000./s1. The number of nitrogens with two attached hydrogens (primary N) is 3. The van der Waals surface area contributed by atoms with Crippen LogP contribution < -0.4 is 63.5 Å². The second-order valence-corrected chi connectivity index (χ2v) is 25.6. The normalized spacial score (nSPS) is 27.2. The van der Waals surface area contributed by atoms with Crippen LogP contribution in [0.1, 0.15) is 107 Å². The minimum absolute atomic E-state index is 0. The molecule has 3 saturated heterocycles. The fourth-order valence-corrected chi connectivity index (χ4v) is 14.5. The van der Waals surface area contributed by atoms with E-state index in [2.05, 4.69) is 0 Å². The van der Waals surface area contributed by atoms with Crippen LogP contribution in [0.5, 0.6) is 0 Å². The van der Waals surface area contributed by atoms with Gasteiger partial charge in [0.25, 0.3) is 0 Å². The molecule has 9 atom stereocenters. The van der Waals surface area contributed by atoms with Gasteiger partial charge in [-0.25, -0.2) is 26.3 Å². The number of benzene rings is 3. The molecule has 18 nitrogen and oxygen atoms in total. The molecule has 9 fully saturated rings. The van der Waals surface area contributed by atoms with Crippen LogP contribution in [0.3, 0.4) is 0 Å². The summed E-state index contributed by atoms with van der Waals surface area (Å²) in [6, 6.07) is 0.732. The van der Waals surface area contributed by atoms with Gasteiger partial charge in [-0.15, -0.1) is 0 Å². The number of fused-ring (bicyclic) bond motifs is 3. The summed E-state index contributed by atoms with van der Waals surface area (Å²) < 4.78 is 90.4. The molecule has 0 unspecified atom stereocenters. The maximum atomic E-state index is 15.0. The van der Waals surface area contributed by atoms with Crippen molar-refractivity contribution in [1.82, 2.24) is 13.7 Å². The molecule has 3 aromatic carbocycles. The molecule has 28 heteroatoms. The number of aromatic nitrogens is 3. The molecule has 6 aromatic rings. The molecule has 3 spiro atoms. The van der Waals surface area contributed by atoms with Crippen LogP contribution in [0.15, 0.2) is 51.2 Å². The number of anilines is 3. The number of hydrogen-bond donors (Lipinski definition) is 3. The fourth-order valence-electron chi connectivity index (χ4n) is 13.3. The molecule has 6 heterocycles. The number of nitrogens with zero attached hydrogens (tertiary/aromatic N) is 6. The van der Waals surface area contributed by atoms with Gasteiger partial charge in [-0.05, 0) is 56.7 Å².